The molecule has 1 fully saturated rings. The van der Waals surface area contributed by atoms with Gasteiger partial charge in [0.05, 0.1) is 7.11 Å². The van der Waals surface area contributed by atoms with Crippen LogP contribution in [0, 0.1) is 0 Å². The standard InChI is InChI=1S/C14H18N2O4/c1-18-11-6-9(7-12-13(11)20-5-4-19-12)14(17)16-3-2-10(15)8-16/h6-7,10H,2-5,8,15H2,1H3/t10-/m1/s1. The Morgan fingerprint density at radius 3 is 2.90 bits per heavy atom. The van der Waals surface area contributed by atoms with Crippen molar-refractivity contribution in [1.29, 1.82) is 0 Å². The van der Waals surface area contributed by atoms with Crippen molar-refractivity contribution in [2.24, 2.45) is 5.73 Å². The number of hydrogen-bond acceptors (Lipinski definition) is 5. The van der Waals surface area contributed by atoms with Crippen LogP contribution in [0.1, 0.15) is 16.8 Å². The first kappa shape index (κ1) is 13.1. The summed E-state index contributed by atoms with van der Waals surface area (Å²) in [5.41, 5.74) is 6.39. The number of fused-ring (bicyclic) bond motifs is 1. The zero-order chi connectivity index (χ0) is 14.1. The van der Waals surface area contributed by atoms with E-state index in [-0.39, 0.29) is 11.9 Å². The van der Waals surface area contributed by atoms with Crippen molar-refractivity contribution in [1.82, 2.24) is 4.90 Å². The molecule has 1 atom stereocenters. The van der Waals surface area contributed by atoms with Crippen molar-refractivity contribution in [3.05, 3.63) is 17.7 Å². The minimum atomic E-state index is -0.0479. The fourth-order valence-electron chi connectivity index (χ4n) is 2.55. The summed E-state index contributed by atoms with van der Waals surface area (Å²) in [5, 5.41) is 0. The van der Waals surface area contributed by atoms with Crippen LogP contribution in [0.5, 0.6) is 17.2 Å². The van der Waals surface area contributed by atoms with Crippen molar-refractivity contribution in [2.45, 2.75) is 12.5 Å². The molecule has 1 amide bonds. The number of carbonyl (C=O) groups excluding carboxylic acids is 1. The zero-order valence-corrected chi connectivity index (χ0v) is 11.4. The van der Waals surface area contributed by atoms with Crippen LogP contribution < -0.4 is 19.9 Å². The molecule has 108 valence electrons. The van der Waals surface area contributed by atoms with Gasteiger partial charge in [0.1, 0.15) is 13.2 Å². The topological polar surface area (TPSA) is 74.0 Å². The van der Waals surface area contributed by atoms with Crippen LogP contribution in [0.3, 0.4) is 0 Å². The number of hydrogen-bond donors (Lipinski definition) is 1. The van der Waals surface area contributed by atoms with Crippen molar-refractivity contribution < 1.29 is 19.0 Å². The summed E-state index contributed by atoms with van der Waals surface area (Å²) in [6, 6.07) is 3.47. The van der Waals surface area contributed by atoms with E-state index >= 15 is 0 Å². The van der Waals surface area contributed by atoms with Gasteiger partial charge in [-0.25, -0.2) is 0 Å². The molecular weight excluding hydrogens is 260 g/mol. The van der Waals surface area contributed by atoms with Gasteiger partial charge in [-0.1, -0.05) is 0 Å². The number of nitrogens with two attached hydrogens (primary N) is 1. The van der Waals surface area contributed by atoms with Crippen LogP contribution in [0.4, 0.5) is 0 Å². The number of ether oxygens (including phenoxy) is 3. The predicted molar refractivity (Wildman–Crippen MR) is 72.5 cm³/mol. The maximum Gasteiger partial charge on any atom is 0.254 e. The number of carbonyl (C=O) groups is 1. The third kappa shape index (κ3) is 2.27. The highest BCUT2D eigenvalue weighted by Crippen LogP contribution is 2.40. The SMILES string of the molecule is COc1cc(C(=O)N2CC[C@@H](N)C2)cc2c1OCCO2. The molecule has 3 rings (SSSR count). The summed E-state index contributed by atoms with van der Waals surface area (Å²) < 4.78 is 16.4. The molecule has 2 aliphatic rings. The molecule has 2 heterocycles. The third-order valence-electron chi connectivity index (χ3n) is 3.59. The number of rotatable bonds is 2. The van der Waals surface area contributed by atoms with Crippen molar-refractivity contribution in [2.75, 3.05) is 33.4 Å². The van der Waals surface area contributed by atoms with Crippen molar-refractivity contribution in [3.63, 3.8) is 0 Å². The molecule has 20 heavy (non-hydrogen) atoms. The Bertz CT molecular complexity index is 515. The van der Waals surface area contributed by atoms with Gasteiger partial charge in [-0.3, -0.25) is 4.79 Å². The molecule has 1 aromatic carbocycles. The molecule has 0 radical (unpaired) electrons. The normalized spacial score (nSPS) is 20.9. The number of methoxy groups -OCH3 is 1. The van der Waals surface area contributed by atoms with E-state index in [0.29, 0.717) is 49.1 Å². The van der Waals surface area contributed by atoms with Gasteiger partial charge in [0, 0.05) is 24.7 Å². The Morgan fingerprint density at radius 1 is 1.40 bits per heavy atom. The molecule has 6 nitrogen and oxygen atoms in total. The minimum absolute atomic E-state index is 0.0479. The number of nitrogens with zero attached hydrogens (tertiary/aromatic N) is 1. The summed E-state index contributed by atoms with van der Waals surface area (Å²) in [4.78, 5) is 14.2. The van der Waals surface area contributed by atoms with Gasteiger partial charge in [-0.2, -0.15) is 0 Å². The van der Waals surface area contributed by atoms with Crippen LogP contribution in [0.2, 0.25) is 0 Å². The lowest BCUT2D eigenvalue weighted by Crippen LogP contribution is -2.32. The maximum absolute atomic E-state index is 12.5. The first-order valence-corrected chi connectivity index (χ1v) is 6.71. The number of benzene rings is 1. The van der Waals surface area contributed by atoms with Gasteiger partial charge in [0.2, 0.25) is 5.75 Å². The lowest BCUT2D eigenvalue weighted by molar-refractivity contribution is 0.0789. The molecular formula is C14H18N2O4. The summed E-state index contributed by atoms with van der Waals surface area (Å²) in [5.74, 6) is 1.60. The highest BCUT2D eigenvalue weighted by atomic mass is 16.6. The van der Waals surface area contributed by atoms with E-state index in [1.807, 2.05) is 0 Å². The number of amides is 1. The first-order chi connectivity index (χ1) is 9.69. The minimum Gasteiger partial charge on any atom is -0.493 e. The van der Waals surface area contributed by atoms with Crippen molar-refractivity contribution >= 4 is 5.91 Å². The average molecular weight is 278 g/mol. The van der Waals surface area contributed by atoms with E-state index in [2.05, 4.69) is 0 Å². The summed E-state index contributed by atoms with van der Waals surface area (Å²) in [7, 11) is 1.55. The molecule has 6 heteroatoms. The van der Waals surface area contributed by atoms with Crippen LogP contribution >= 0.6 is 0 Å². The summed E-state index contributed by atoms with van der Waals surface area (Å²) >= 11 is 0. The molecule has 2 aliphatic heterocycles. The molecule has 0 spiro atoms. The second-order valence-corrected chi connectivity index (χ2v) is 5.00. The van der Waals surface area contributed by atoms with Gasteiger partial charge in [0.25, 0.3) is 5.91 Å². The van der Waals surface area contributed by atoms with E-state index in [1.165, 1.54) is 0 Å². The zero-order valence-electron chi connectivity index (χ0n) is 11.4. The fraction of sp³-hybridized carbons (Fsp3) is 0.500. The first-order valence-electron chi connectivity index (χ1n) is 6.71. The smallest absolute Gasteiger partial charge is 0.254 e. The lowest BCUT2D eigenvalue weighted by Gasteiger charge is -2.22. The van der Waals surface area contributed by atoms with Gasteiger partial charge < -0.3 is 24.8 Å². The Hall–Kier alpha value is -1.95. The highest BCUT2D eigenvalue weighted by Gasteiger charge is 2.27. The average Bonchev–Trinajstić information content (AvgIpc) is 2.91. The Morgan fingerprint density at radius 2 is 2.20 bits per heavy atom. The second-order valence-electron chi connectivity index (χ2n) is 5.00. The molecule has 0 aromatic heterocycles. The Kier molecular flexibility index (Phi) is 3.40. The van der Waals surface area contributed by atoms with Crippen LogP contribution in [0.25, 0.3) is 0 Å². The van der Waals surface area contributed by atoms with Crippen LogP contribution in [-0.4, -0.2) is 50.3 Å². The van der Waals surface area contributed by atoms with Gasteiger partial charge in [0.15, 0.2) is 11.5 Å². The predicted octanol–water partition coefficient (Wildman–Crippen LogP) is 0.640. The lowest BCUT2D eigenvalue weighted by atomic mass is 10.1. The van der Waals surface area contributed by atoms with Crippen LogP contribution in [-0.2, 0) is 0 Å². The fourth-order valence-corrected chi connectivity index (χ4v) is 2.55. The Balaban J connectivity index is 1.91. The third-order valence-corrected chi connectivity index (χ3v) is 3.59. The van der Waals surface area contributed by atoms with Gasteiger partial charge in [-0.15, -0.1) is 0 Å². The van der Waals surface area contributed by atoms with E-state index in [1.54, 1.807) is 24.1 Å². The summed E-state index contributed by atoms with van der Waals surface area (Å²) in [6.45, 7) is 2.24. The molecule has 0 aliphatic carbocycles. The van der Waals surface area contributed by atoms with Crippen LogP contribution in [0.15, 0.2) is 12.1 Å². The van der Waals surface area contributed by atoms with E-state index < -0.39 is 0 Å². The quantitative estimate of drug-likeness (QED) is 0.859. The molecule has 0 saturated carbocycles. The monoisotopic (exact) mass is 278 g/mol. The van der Waals surface area contributed by atoms with Gasteiger partial charge >= 0.3 is 0 Å². The molecule has 1 saturated heterocycles. The van der Waals surface area contributed by atoms with Gasteiger partial charge in [-0.05, 0) is 18.6 Å². The molecule has 0 unspecified atom stereocenters. The maximum atomic E-state index is 12.5. The van der Waals surface area contributed by atoms with E-state index in [4.69, 9.17) is 19.9 Å². The molecule has 2 N–H and O–H groups in total. The molecule has 0 bridgehead atoms. The largest absolute Gasteiger partial charge is 0.493 e. The van der Waals surface area contributed by atoms with E-state index in [0.717, 1.165) is 6.42 Å². The Labute approximate surface area is 117 Å². The number of likely N-dealkylation sites (tertiary alicyclic amines) is 1. The van der Waals surface area contributed by atoms with E-state index in [9.17, 15) is 4.79 Å². The molecule has 1 aromatic rings. The summed E-state index contributed by atoms with van der Waals surface area (Å²) in [6.07, 6.45) is 0.841. The highest BCUT2D eigenvalue weighted by molar-refractivity contribution is 5.96. The van der Waals surface area contributed by atoms with Crippen molar-refractivity contribution in [3.8, 4) is 17.2 Å². The second kappa shape index (κ2) is 5.20.